The molecule has 1 saturated carbocycles. The van der Waals surface area contributed by atoms with Crippen molar-refractivity contribution in [3.63, 3.8) is 0 Å². The first-order chi connectivity index (χ1) is 7.91. The van der Waals surface area contributed by atoms with Crippen LogP contribution in [0.5, 0.6) is 0 Å². The van der Waals surface area contributed by atoms with Crippen LogP contribution in [0.25, 0.3) is 0 Å². The summed E-state index contributed by atoms with van der Waals surface area (Å²) in [5.41, 5.74) is 1.31. The van der Waals surface area contributed by atoms with Crippen LogP contribution >= 0.6 is 0 Å². The Balaban J connectivity index is 2.56. The van der Waals surface area contributed by atoms with Crippen molar-refractivity contribution in [2.45, 2.75) is 39.7 Å². The number of hydrogen-bond donors (Lipinski definition) is 1. The molecule has 1 aromatic rings. The lowest BCUT2D eigenvalue weighted by Gasteiger charge is -2.35. The second kappa shape index (κ2) is 4.02. The molecule has 1 fully saturated rings. The summed E-state index contributed by atoms with van der Waals surface area (Å²) in [7, 11) is 0. The molecule has 0 radical (unpaired) electrons. The summed E-state index contributed by atoms with van der Waals surface area (Å²) in [6.07, 6.45) is 1.92. The first kappa shape index (κ1) is 11.9. The molecule has 1 heterocycles. The average molecular weight is 235 g/mol. The Bertz CT molecular complexity index is 524. The molecule has 92 valence electrons. The summed E-state index contributed by atoms with van der Waals surface area (Å²) >= 11 is 0. The van der Waals surface area contributed by atoms with Crippen LogP contribution in [0.4, 0.5) is 0 Å². The topological polar surface area (TPSA) is 59.3 Å². The van der Waals surface area contributed by atoms with Crippen LogP contribution in [-0.2, 0) is 0 Å². The number of hydrogen-bond acceptors (Lipinski definition) is 2. The molecule has 0 aliphatic heterocycles. The van der Waals surface area contributed by atoms with E-state index in [0.717, 1.165) is 12.8 Å². The highest BCUT2D eigenvalue weighted by Crippen LogP contribution is 2.37. The standard InChI is InChI=1S/C13H17NO3/c1-7-4-10(5-7)14-9(3)12(13(16)17)8(2)6-11(14)15/h6-7,10H,4-5H2,1-3H3,(H,16,17). The lowest BCUT2D eigenvalue weighted by molar-refractivity contribution is 0.0693. The van der Waals surface area contributed by atoms with Crippen molar-refractivity contribution >= 4 is 5.97 Å². The second-order valence-electron chi connectivity index (χ2n) is 5.03. The van der Waals surface area contributed by atoms with E-state index in [9.17, 15) is 14.7 Å². The molecule has 4 nitrogen and oxygen atoms in total. The molecule has 0 unspecified atom stereocenters. The number of aromatic nitrogens is 1. The van der Waals surface area contributed by atoms with E-state index in [0.29, 0.717) is 17.2 Å². The number of nitrogens with zero attached hydrogens (tertiary/aromatic N) is 1. The molecular formula is C13H17NO3. The van der Waals surface area contributed by atoms with Gasteiger partial charge in [0, 0.05) is 17.8 Å². The van der Waals surface area contributed by atoms with Gasteiger partial charge in [-0.1, -0.05) is 6.92 Å². The minimum absolute atomic E-state index is 0.0816. The van der Waals surface area contributed by atoms with Gasteiger partial charge in [0.1, 0.15) is 0 Å². The molecule has 17 heavy (non-hydrogen) atoms. The minimum atomic E-state index is -0.957. The highest BCUT2D eigenvalue weighted by atomic mass is 16.4. The Morgan fingerprint density at radius 2 is 2.00 bits per heavy atom. The van der Waals surface area contributed by atoms with Crippen LogP contribution in [0, 0.1) is 19.8 Å². The van der Waals surface area contributed by atoms with Gasteiger partial charge < -0.3 is 9.67 Å². The SMILES string of the molecule is Cc1cc(=O)n(C2CC(C)C2)c(C)c1C(=O)O. The fourth-order valence-corrected chi connectivity index (χ4v) is 2.75. The van der Waals surface area contributed by atoms with Crippen LogP contribution < -0.4 is 5.56 Å². The van der Waals surface area contributed by atoms with Crippen molar-refractivity contribution in [3.8, 4) is 0 Å². The van der Waals surface area contributed by atoms with E-state index in [1.807, 2.05) is 0 Å². The minimum Gasteiger partial charge on any atom is -0.478 e. The molecule has 1 aliphatic carbocycles. The molecular weight excluding hydrogens is 218 g/mol. The number of carboxylic acids is 1. The number of pyridine rings is 1. The first-order valence-electron chi connectivity index (χ1n) is 5.87. The average Bonchev–Trinajstić information content (AvgIpc) is 2.13. The van der Waals surface area contributed by atoms with Crippen LogP contribution in [0.2, 0.25) is 0 Å². The maximum absolute atomic E-state index is 11.9. The normalized spacial score (nSPS) is 23.2. The number of aryl methyl sites for hydroxylation is 1. The van der Waals surface area contributed by atoms with Gasteiger partial charge >= 0.3 is 5.97 Å². The quantitative estimate of drug-likeness (QED) is 0.854. The summed E-state index contributed by atoms with van der Waals surface area (Å²) < 4.78 is 1.65. The summed E-state index contributed by atoms with van der Waals surface area (Å²) in [4.78, 5) is 23.1. The molecule has 0 aromatic carbocycles. The van der Waals surface area contributed by atoms with Crippen LogP contribution in [0.3, 0.4) is 0 Å². The Kier molecular flexibility index (Phi) is 2.81. The molecule has 1 N–H and O–H groups in total. The van der Waals surface area contributed by atoms with E-state index < -0.39 is 5.97 Å². The number of rotatable bonds is 2. The maximum atomic E-state index is 11.9. The van der Waals surface area contributed by atoms with E-state index in [1.54, 1.807) is 18.4 Å². The first-order valence-corrected chi connectivity index (χ1v) is 5.87. The summed E-state index contributed by atoms with van der Waals surface area (Å²) in [5, 5.41) is 9.17. The Morgan fingerprint density at radius 1 is 1.41 bits per heavy atom. The van der Waals surface area contributed by atoms with E-state index in [-0.39, 0.29) is 17.2 Å². The lowest BCUT2D eigenvalue weighted by Crippen LogP contribution is -2.35. The van der Waals surface area contributed by atoms with Gasteiger partial charge in [0.25, 0.3) is 5.56 Å². The van der Waals surface area contributed by atoms with E-state index in [2.05, 4.69) is 6.92 Å². The van der Waals surface area contributed by atoms with Gasteiger partial charge in [-0.05, 0) is 38.2 Å². The molecule has 0 spiro atoms. The molecule has 2 rings (SSSR count). The highest BCUT2D eigenvalue weighted by Gasteiger charge is 2.30. The van der Waals surface area contributed by atoms with Crippen molar-refractivity contribution < 1.29 is 9.90 Å². The van der Waals surface area contributed by atoms with Crippen LogP contribution in [0.15, 0.2) is 10.9 Å². The molecule has 1 aromatic heterocycles. The smallest absolute Gasteiger partial charge is 0.337 e. The van der Waals surface area contributed by atoms with Crippen molar-refractivity contribution in [1.82, 2.24) is 4.57 Å². The molecule has 0 amide bonds. The van der Waals surface area contributed by atoms with Crippen molar-refractivity contribution in [1.29, 1.82) is 0 Å². The Labute approximate surface area is 99.9 Å². The van der Waals surface area contributed by atoms with Crippen LogP contribution in [0.1, 0.15) is 47.4 Å². The van der Waals surface area contributed by atoms with Gasteiger partial charge in [0.05, 0.1) is 5.56 Å². The van der Waals surface area contributed by atoms with Crippen molar-refractivity contribution in [2.75, 3.05) is 0 Å². The van der Waals surface area contributed by atoms with Crippen molar-refractivity contribution in [2.24, 2.45) is 5.92 Å². The van der Waals surface area contributed by atoms with Gasteiger partial charge in [0.2, 0.25) is 0 Å². The Hall–Kier alpha value is -1.58. The molecule has 1 aliphatic rings. The number of carbonyl (C=O) groups is 1. The summed E-state index contributed by atoms with van der Waals surface area (Å²) in [6, 6.07) is 1.61. The maximum Gasteiger partial charge on any atom is 0.337 e. The van der Waals surface area contributed by atoms with E-state index in [1.165, 1.54) is 6.07 Å². The van der Waals surface area contributed by atoms with Crippen LogP contribution in [-0.4, -0.2) is 15.6 Å². The van der Waals surface area contributed by atoms with Gasteiger partial charge in [-0.15, -0.1) is 0 Å². The third kappa shape index (κ3) is 1.88. The summed E-state index contributed by atoms with van der Waals surface area (Å²) in [5.74, 6) is -0.331. The Morgan fingerprint density at radius 3 is 2.47 bits per heavy atom. The highest BCUT2D eigenvalue weighted by molar-refractivity contribution is 5.90. The number of aromatic carboxylic acids is 1. The lowest BCUT2D eigenvalue weighted by atomic mass is 9.81. The fraction of sp³-hybridized carbons (Fsp3) is 0.538. The largest absolute Gasteiger partial charge is 0.478 e. The molecule has 4 heteroatoms. The van der Waals surface area contributed by atoms with Gasteiger partial charge in [-0.3, -0.25) is 4.79 Å². The fourth-order valence-electron chi connectivity index (χ4n) is 2.75. The third-order valence-corrected chi connectivity index (χ3v) is 3.62. The zero-order valence-corrected chi connectivity index (χ0v) is 10.4. The van der Waals surface area contributed by atoms with E-state index >= 15 is 0 Å². The molecule has 0 bridgehead atoms. The second-order valence-corrected chi connectivity index (χ2v) is 5.03. The summed E-state index contributed by atoms with van der Waals surface area (Å²) in [6.45, 7) is 5.54. The predicted octanol–water partition coefficient (Wildman–Crippen LogP) is 2.13. The van der Waals surface area contributed by atoms with E-state index in [4.69, 9.17) is 0 Å². The monoisotopic (exact) mass is 235 g/mol. The zero-order valence-electron chi connectivity index (χ0n) is 10.4. The van der Waals surface area contributed by atoms with Gasteiger partial charge in [-0.2, -0.15) is 0 Å². The molecule has 0 saturated heterocycles. The predicted molar refractivity (Wildman–Crippen MR) is 64.6 cm³/mol. The zero-order chi connectivity index (χ0) is 12.7. The van der Waals surface area contributed by atoms with Gasteiger partial charge in [0.15, 0.2) is 0 Å². The van der Waals surface area contributed by atoms with Gasteiger partial charge in [-0.25, -0.2) is 4.79 Å². The number of carboxylic acid groups (broad SMARTS) is 1. The molecule has 0 atom stereocenters. The third-order valence-electron chi connectivity index (χ3n) is 3.62. The van der Waals surface area contributed by atoms with Crippen molar-refractivity contribution in [3.05, 3.63) is 33.2 Å².